The zero-order valence-electron chi connectivity index (χ0n) is 11.1. The highest BCUT2D eigenvalue weighted by Crippen LogP contribution is 2.39. The molecule has 6 heteroatoms. The van der Waals surface area contributed by atoms with Gasteiger partial charge in [0.1, 0.15) is 0 Å². The molecule has 22 heavy (non-hydrogen) atoms. The lowest BCUT2D eigenvalue weighted by atomic mass is 10.3. The van der Waals surface area contributed by atoms with Crippen LogP contribution in [-0.2, 0) is 0 Å². The van der Waals surface area contributed by atoms with E-state index in [1.165, 1.54) is 0 Å². The van der Waals surface area contributed by atoms with Gasteiger partial charge in [-0.1, -0.05) is 0 Å². The van der Waals surface area contributed by atoms with Gasteiger partial charge >= 0.3 is 0 Å². The summed E-state index contributed by atoms with van der Waals surface area (Å²) in [5.74, 6) is 1.59. The number of hydrogen-bond acceptors (Lipinski definition) is 6. The van der Waals surface area contributed by atoms with Crippen LogP contribution in [0.15, 0.2) is 57.8 Å². The predicted octanol–water partition coefficient (Wildman–Crippen LogP) is 5.43. The standard InChI is InChI=1S/C16H8N2O2S2/c1-3-11(19-7-1)15-17-9-5-6-10-14(13(9)21-15)22-16(18-10)12-4-2-8-20-12/h1-8H. The number of nitrogens with zero attached hydrogens (tertiary/aromatic N) is 2. The minimum Gasteiger partial charge on any atom is -0.462 e. The molecule has 0 bridgehead atoms. The van der Waals surface area contributed by atoms with E-state index in [0.29, 0.717) is 0 Å². The molecule has 0 saturated carbocycles. The van der Waals surface area contributed by atoms with E-state index in [1.54, 1.807) is 35.2 Å². The maximum absolute atomic E-state index is 5.45. The quantitative estimate of drug-likeness (QED) is 0.435. The van der Waals surface area contributed by atoms with Crippen molar-refractivity contribution in [3.05, 3.63) is 48.9 Å². The lowest BCUT2D eigenvalue weighted by molar-refractivity contribution is 0.582. The molecule has 0 fully saturated rings. The predicted molar refractivity (Wildman–Crippen MR) is 88.2 cm³/mol. The molecular formula is C16H8N2O2S2. The normalized spacial score (nSPS) is 11.6. The van der Waals surface area contributed by atoms with Gasteiger partial charge in [-0.25, -0.2) is 9.97 Å². The minimum absolute atomic E-state index is 0.796. The van der Waals surface area contributed by atoms with Gasteiger partial charge in [-0.05, 0) is 36.4 Å². The Morgan fingerprint density at radius 1 is 0.682 bits per heavy atom. The van der Waals surface area contributed by atoms with Crippen molar-refractivity contribution in [2.45, 2.75) is 0 Å². The highest BCUT2D eigenvalue weighted by molar-refractivity contribution is 7.29. The van der Waals surface area contributed by atoms with E-state index in [2.05, 4.69) is 9.97 Å². The Morgan fingerprint density at radius 3 is 1.59 bits per heavy atom. The molecule has 0 aliphatic carbocycles. The van der Waals surface area contributed by atoms with E-state index in [-0.39, 0.29) is 0 Å². The number of hydrogen-bond donors (Lipinski definition) is 0. The summed E-state index contributed by atoms with van der Waals surface area (Å²) in [6.07, 6.45) is 3.33. The Morgan fingerprint density at radius 2 is 1.18 bits per heavy atom. The molecule has 106 valence electrons. The third-order valence-electron chi connectivity index (χ3n) is 3.38. The second-order valence-corrected chi connectivity index (χ2v) is 6.75. The van der Waals surface area contributed by atoms with Crippen LogP contribution in [0.5, 0.6) is 0 Å². The van der Waals surface area contributed by atoms with E-state index >= 15 is 0 Å². The highest BCUT2D eigenvalue weighted by Gasteiger charge is 2.15. The summed E-state index contributed by atoms with van der Waals surface area (Å²) < 4.78 is 13.2. The minimum atomic E-state index is 0.796. The van der Waals surface area contributed by atoms with Crippen molar-refractivity contribution in [1.29, 1.82) is 0 Å². The molecule has 0 N–H and O–H groups in total. The first kappa shape index (κ1) is 12.1. The van der Waals surface area contributed by atoms with E-state index in [1.807, 2.05) is 36.4 Å². The molecule has 0 saturated heterocycles. The van der Waals surface area contributed by atoms with Crippen LogP contribution in [-0.4, -0.2) is 9.97 Å². The van der Waals surface area contributed by atoms with Crippen molar-refractivity contribution in [2.24, 2.45) is 0 Å². The average Bonchev–Trinajstić information content (AvgIpc) is 3.31. The summed E-state index contributed by atoms with van der Waals surface area (Å²) >= 11 is 3.26. The summed E-state index contributed by atoms with van der Waals surface area (Å²) in [5.41, 5.74) is 1.94. The Labute approximate surface area is 132 Å². The number of aromatic nitrogens is 2. The van der Waals surface area contributed by atoms with Crippen molar-refractivity contribution < 1.29 is 8.83 Å². The number of rotatable bonds is 2. The van der Waals surface area contributed by atoms with Crippen molar-refractivity contribution in [3.63, 3.8) is 0 Å². The molecular weight excluding hydrogens is 316 g/mol. The molecule has 0 amide bonds. The van der Waals surface area contributed by atoms with Gasteiger partial charge in [0.05, 0.1) is 33.0 Å². The lowest BCUT2D eigenvalue weighted by Gasteiger charge is -1.87. The van der Waals surface area contributed by atoms with Crippen LogP contribution >= 0.6 is 22.7 Å². The number of furan rings is 2. The molecule has 5 aromatic rings. The molecule has 0 radical (unpaired) electrons. The number of fused-ring (bicyclic) bond motifs is 3. The van der Waals surface area contributed by atoms with Crippen molar-refractivity contribution in [3.8, 4) is 21.5 Å². The van der Waals surface area contributed by atoms with Crippen LogP contribution in [0.4, 0.5) is 0 Å². The van der Waals surface area contributed by atoms with Gasteiger partial charge in [0.15, 0.2) is 21.5 Å². The summed E-state index contributed by atoms with van der Waals surface area (Å²) in [4.78, 5) is 9.32. The van der Waals surface area contributed by atoms with Gasteiger partial charge < -0.3 is 8.83 Å². The number of benzene rings is 1. The second kappa shape index (κ2) is 4.53. The molecule has 4 aromatic heterocycles. The third kappa shape index (κ3) is 1.74. The van der Waals surface area contributed by atoms with Gasteiger partial charge in [-0.15, -0.1) is 22.7 Å². The molecule has 5 rings (SSSR count). The monoisotopic (exact) mass is 324 g/mol. The Balaban J connectivity index is 1.77. The van der Waals surface area contributed by atoms with Crippen LogP contribution in [0.25, 0.3) is 42.0 Å². The third-order valence-corrected chi connectivity index (χ3v) is 5.71. The SMILES string of the molecule is c1coc(-c2nc3ccc4nc(-c5ccco5)sc4c3s2)c1. The van der Waals surface area contributed by atoms with Crippen LogP contribution < -0.4 is 0 Å². The molecule has 0 aliphatic heterocycles. The molecule has 1 aromatic carbocycles. The zero-order valence-corrected chi connectivity index (χ0v) is 12.8. The van der Waals surface area contributed by atoms with Crippen LogP contribution in [0.1, 0.15) is 0 Å². The fraction of sp³-hybridized carbons (Fsp3) is 0. The van der Waals surface area contributed by atoms with Crippen LogP contribution in [0.2, 0.25) is 0 Å². The van der Waals surface area contributed by atoms with Gasteiger partial charge in [0.2, 0.25) is 0 Å². The van der Waals surface area contributed by atoms with Gasteiger partial charge in [0, 0.05) is 0 Å². The molecule has 0 unspecified atom stereocenters. The van der Waals surface area contributed by atoms with Crippen molar-refractivity contribution in [2.75, 3.05) is 0 Å². The van der Waals surface area contributed by atoms with Gasteiger partial charge in [0.25, 0.3) is 0 Å². The maximum atomic E-state index is 5.45. The maximum Gasteiger partial charge on any atom is 0.162 e. The largest absolute Gasteiger partial charge is 0.462 e. The van der Waals surface area contributed by atoms with E-state index in [0.717, 1.165) is 42.0 Å². The lowest BCUT2D eigenvalue weighted by Crippen LogP contribution is -1.72. The first-order valence-corrected chi connectivity index (χ1v) is 8.29. The van der Waals surface area contributed by atoms with Crippen molar-refractivity contribution >= 4 is 43.1 Å². The smallest absolute Gasteiger partial charge is 0.162 e. The fourth-order valence-corrected chi connectivity index (χ4v) is 4.57. The van der Waals surface area contributed by atoms with Crippen LogP contribution in [0.3, 0.4) is 0 Å². The van der Waals surface area contributed by atoms with Gasteiger partial charge in [-0.3, -0.25) is 0 Å². The van der Waals surface area contributed by atoms with E-state index in [4.69, 9.17) is 8.83 Å². The second-order valence-electron chi connectivity index (χ2n) is 4.75. The van der Waals surface area contributed by atoms with Crippen LogP contribution in [0, 0.1) is 0 Å². The first-order valence-electron chi connectivity index (χ1n) is 6.66. The topological polar surface area (TPSA) is 52.1 Å². The molecule has 4 nitrogen and oxygen atoms in total. The fourth-order valence-electron chi connectivity index (χ4n) is 2.38. The summed E-state index contributed by atoms with van der Waals surface area (Å²) in [6.45, 7) is 0. The van der Waals surface area contributed by atoms with Crippen molar-refractivity contribution in [1.82, 2.24) is 9.97 Å². The Bertz CT molecular complexity index is 985. The average molecular weight is 324 g/mol. The van der Waals surface area contributed by atoms with E-state index in [9.17, 15) is 0 Å². The first-order chi connectivity index (χ1) is 10.9. The summed E-state index contributed by atoms with van der Waals surface area (Å²) in [6, 6.07) is 11.6. The Hall–Kier alpha value is -2.44. The molecule has 0 atom stereocenters. The molecule has 4 heterocycles. The zero-order chi connectivity index (χ0) is 14.5. The molecule has 0 aliphatic rings. The summed E-state index contributed by atoms with van der Waals surface area (Å²) in [7, 11) is 0. The summed E-state index contributed by atoms with van der Waals surface area (Å²) in [5, 5.41) is 1.78. The molecule has 0 spiro atoms. The Kier molecular flexibility index (Phi) is 2.50. The number of thiazole rings is 2. The highest BCUT2D eigenvalue weighted by atomic mass is 32.1. The van der Waals surface area contributed by atoms with E-state index < -0.39 is 0 Å². The van der Waals surface area contributed by atoms with Gasteiger partial charge in [-0.2, -0.15) is 0 Å².